The number of β-amino-alcohol motifs (C(OH)–C–C–N with tert-alkyl or cyclic N) is 1. The third-order valence-electron chi connectivity index (χ3n) is 9.85. The highest BCUT2D eigenvalue weighted by molar-refractivity contribution is 8.02. The summed E-state index contributed by atoms with van der Waals surface area (Å²) in [5, 5.41) is 10.0. The number of thioether (sulfide) groups is 1. The number of fused-ring (bicyclic) bond motifs is 1. The number of hydrogen-bond donors (Lipinski definition) is 1. The highest BCUT2D eigenvalue weighted by atomic mass is 32.2. The Morgan fingerprint density at radius 3 is 2.24 bits per heavy atom. The number of nitrogens with zero attached hydrogens (tertiary/aromatic N) is 4. The molecule has 8 nitrogen and oxygen atoms in total. The van der Waals surface area contributed by atoms with Gasteiger partial charge in [0.15, 0.2) is 0 Å². The summed E-state index contributed by atoms with van der Waals surface area (Å²) in [4.78, 5) is 50.9. The van der Waals surface area contributed by atoms with E-state index in [1.165, 1.54) is 0 Å². The molecule has 2 aromatic carbocycles. The van der Waals surface area contributed by atoms with Gasteiger partial charge in [0.25, 0.3) is 5.91 Å². The van der Waals surface area contributed by atoms with Crippen molar-refractivity contribution in [1.82, 2.24) is 9.80 Å². The van der Waals surface area contributed by atoms with Crippen LogP contribution >= 0.6 is 11.8 Å². The maximum absolute atomic E-state index is 14.8. The number of amides is 3. The van der Waals surface area contributed by atoms with E-state index in [-0.39, 0.29) is 48.6 Å². The Balaban J connectivity index is 1.51. The van der Waals surface area contributed by atoms with E-state index in [0.29, 0.717) is 13.1 Å². The van der Waals surface area contributed by atoms with Gasteiger partial charge in [-0.2, -0.15) is 0 Å². The minimum atomic E-state index is -0.811. The molecule has 240 valence electrons. The number of likely N-dealkylation sites (tertiary alicyclic amines) is 1. The van der Waals surface area contributed by atoms with E-state index >= 15 is 0 Å². The first-order valence-corrected chi connectivity index (χ1v) is 16.9. The van der Waals surface area contributed by atoms with Crippen LogP contribution in [-0.4, -0.2) is 88.0 Å². The second-order valence-electron chi connectivity index (χ2n) is 12.2. The van der Waals surface area contributed by atoms with Crippen molar-refractivity contribution in [3.63, 3.8) is 0 Å². The van der Waals surface area contributed by atoms with Gasteiger partial charge in [0.05, 0.1) is 23.2 Å². The van der Waals surface area contributed by atoms with Gasteiger partial charge in [0, 0.05) is 55.9 Å². The van der Waals surface area contributed by atoms with Crippen molar-refractivity contribution in [1.29, 1.82) is 0 Å². The maximum atomic E-state index is 14.8. The first kappa shape index (κ1) is 32.8. The quantitative estimate of drug-likeness (QED) is 0.308. The van der Waals surface area contributed by atoms with Crippen molar-refractivity contribution in [2.45, 2.75) is 49.8 Å². The van der Waals surface area contributed by atoms with Gasteiger partial charge >= 0.3 is 0 Å². The van der Waals surface area contributed by atoms with E-state index in [0.717, 1.165) is 36.4 Å². The summed E-state index contributed by atoms with van der Waals surface area (Å²) in [6, 6.07) is 16.9. The molecule has 3 saturated heterocycles. The lowest BCUT2D eigenvalue weighted by Gasteiger charge is -2.41. The van der Waals surface area contributed by atoms with E-state index in [1.807, 2.05) is 54.6 Å². The molecule has 0 radical (unpaired) electrons. The maximum Gasteiger partial charge on any atom is 0.251 e. The van der Waals surface area contributed by atoms with Crippen LogP contribution in [-0.2, 0) is 20.9 Å². The molecule has 1 N–H and O–H groups in total. The zero-order chi connectivity index (χ0) is 32.3. The lowest BCUT2D eigenvalue weighted by atomic mass is 9.65. The summed E-state index contributed by atoms with van der Waals surface area (Å²) in [5.74, 6) is -1.66. The number of aliphatic hydroxyl groups excluding tert-OH is 1. The van der Waals surface area contributed by atoms with Crippen molar-refractivity contribution in [2.24, 2.45) is 17.8 Å². The average molecular weight is 631 g/mol. The van der Waals surface area contributed by atoms with Crippen LogP contribution in [0.5, 0.6) is 0 Å². The Labute approximate surface area is 271 Å². The Kier molecular flexibility index (Phi) is 10.1. The summed E-state index contributed by atoms with van der Waals surface area (Å²) >= 11 is 1.65. The summed E-state index contributed by atoms with van der Waals surface area (Å²) in [7, 11) is 0. The lowest BCUT2D eigenvalue weighted by Crippen LogP contribution is -2.58. The molecule has 45 heavy (non-hydrogen) atoms. The SMILES string of the molecule is C=CCN(Cc1ccccc1)C(=O)[C@@H]1[C@H]2C(=O)N(CCO)C(C(=O)N(CC=C)c3ccc(N(CC)CC)cc3)C23S[C@@H]1CC3C. The van der Waals surface area contributed by atoms with E-state index in [2.05, 4.69) is 38.8 Å². The largest absolute Gasteiger partial charge is 0.395 e. The predicted molar refractivity (Wildman–Crippen MR) is 182 cm³/mol. The second kappa shape index (κ2) is 13.8. The van der Waals surface area contributed by atoms with Gasteiger partial charge in [0.1, 0.15) is 6.04 Å². The van der Waals surface area contributed by atoms with Crippen LogP contribution in [0.4, 0.5) is 11.4 Å². The standard InChI is InChI=1S/C36H46N4O4S/c1-6-19-38(24-26-13-11-10-12-14-26)33(42)30-29-23-25(5)36(45-29)31(30)34(43)40(21-22-41)32(36)35(44)39(20-7-2)28-17-15-27(16-18-28)37(8-3)9-4/h6-7,10-18,25,29-32,41H,1-2,8-9,19-24H2,3-5H3/t25?,29-,30+,31+,32?,36?/m1/s1. The van der Waals surface area contributed by atoms with Gasteiger partial charge in [-0.1, -0.05) is 49.4 Å². The molecule has 3 aliphatic rings. The van der Waals surface area contributed by atoms with Gasteiger partial charge in [0.2, 0.25) is 11.8 Å². The Morgan fingerprint density at radius 2 is 1.64 bits per heavy atom. The molecule has 1 spiro atoms. The van der Waals surface area contributed by atoms with Crippen LogP contribution in [0.1, 0.15) is 32.8 Å². The topological polar surface area (TPSA) is 84.4 Å². The molecule has 3 heterocycles. The molecule has 3 aliphatic heterocycles. The zero-order valence-corrected chi connectivity index (χ0v) is 27.5. The average Bonchev–Trinajstić information content (AvgIpc) is 3.64. The molecule has 0 saturated carbocycles. The molecular formula is C36H46N4O4S. The summed E-state index contributed by atoms with van der Waals surface area (Å²) in [6.07, 6.45) is 4.16. The van der Waals surface area contributed by atoms with Crippen LogP contribution in [0.2, 0.25) is 0 Å². The molecule has 9 heteroatoms. The molecule has 3 amide bonds. The number of benzene rings is 2. The minimum Gasteiger partial charge on any atom is -0.395 e. The molecule has 0 aliphatic carbocycles. The zero-order valence-electron chi connectivity index (χ0n) is 26.7. The van der Waals surface area contributed by atoms with E-state index < -0.39 is 22.6 Å². The number of carbonyl (C=O) groups excluding carboxylic acids is 3. The van der Waals surface area contributed by atoms with E-state index in [9.17, 15) is 19.5 Å². The number of hydrogen-bond acceptors (Lipinski definition) is 6. The molecule has 6 atom stereocenters. The van der Waals surface area contributed by atoms with Gasteiger partial charge in [-0.05, 0) is 56.0 Å². The second-order valence-corrected chi connectivity index (χ2v) is 13.8. The molecule has 2 bridgehead atoms. The van der Waals surface area contributed by atoms with Gasteiger partial charge < -0.3 is 24.7 Å². The first-order chi connectivity index (χ1) is 21.8. The van der Waals surface area contributed by atoms with Crippen LogP contribution in [0.25, 0.3) is 0 Å². The van der Waals surface area contributed by atoms with Crippen LogP contribution < -0.4 is 9.80 Å². The van der Waals surface area contributed by atoms with Gasteiger partial charge in [-0.25, -0.2) is 0 Å². The minimum absolute atomic E-state index is 0.0285. The van der Waals surface area contributed by atoms with Crippen LogP contribution in [0.3, 0.4) is 0 Å². The first-order valence-electron chi connectivity index (χ1n) is 16.1. The lowest BCUT2D eigenvalue weighted by molar-refractivity contribution is -0.144. The van der Waals surface area contributed by atoms with Crippen molar-refractivity contribution in [2.75, 3.05) is 49.1 Å². The summed E-state index contributed by atoms with van der Waals surface area (Å²) in [5.41, 5.74) is 2.81. The fourth-order valence-corrected chi connectivity index (χ4v) is 10.3. The molecule has 2 aromatic rings. The summed E-state index contributed by atoms with van der Waals surface area (Å²) < 4.78 is -0.776. The van der Waals surface area contributed by atoms with E-state index in [1.54, 1.807) is 38.6 Å². The van der Waals surface area contributed by atoms with Crippen molar-refractivity contribution in [3.05, 3.63) is 85.5 Å². The van der Waals surface area contributed by atoms with E-state index in [4.69, 9.17) is 0 Å². The number of anilines is 2. The van der Waals surface area contributed by atoms with Crippen LogP contribution in [0.15, 0.2) is 79.9 Å². The monoisotopic (exact) mass is 630 g/mol. The number of rotatable bonds is 14. The molecule has 3 fully saturated rings. The molecule has 0 aromatic heterocycles. The Bertz CT molecular complexity index is 1400. The third-order valence-corrected chi connectivity index (χ3v) is 11.9. The number of carbonyl (C=O) groups is 3. The van der Waals surface area contributed by atoms with Crippen molar-refractivity contribution in [3.8, 4) is 0 Å². The Hall–Kier alpha value is -3.56. The fraction of sp³-hybridized carbons (Fsp3) is 0.472. The highest BCUT2D eigenvalue weighted by Crippen LogP contribution is 2.69. The highest BCUT2D eigenvalue weighted by Gasteiger charge is 2.76. The van der Waals surface area contributed by atoms with Gasteiger partial charge in [-0.15, -0.1) is 24.9 Å². The van der Waals surface area contributed by atoms with Crippen LogP contribution in [0, 0.1) is 17.8 Å². The number of aliphatic hydroxyl groups is 1. The summed E-state index contributed by atoms with van der Waals surface area (Å²) in [6.45, 7) is 16.7. The van der Waals surface area contributed by atoms with Gasteiger partial charge in [-0.3, -0.25) is 14.4 Å². The molecule has 3 unspecified atom stereocenters. The molecular weight excluding hydrogens is 584 g/mol. The van der Waals surface area contributed by atoms with Crippen molar-refractivity contribution >= 4 is 40.9 Å². The van der Waals surface area contributed by atoms with Crippen molar-refractivity contribution < 1.29 is 19.5 Å². The normalized spacial score (nSPS) is 26.4. The smallest absolute Gasteiger partial charge is 0.251 e. The predicted octanol–water partition coefficient (Wildman–Crippen LogP) is 4.60. The third kappa shape index (κ3) is 5.69. The fourth-order valence-electron chi connectivity index (χ4n) is 7.86. The molecule has 5 rings (SSSR count). The Morgan fingerprint density at radius 1 is 1.00 bits per heavy atom.